The van der Waals surface area contributed by atoms with Gasteiger partial charge in [0.1, 0.15) is 11.6 Å². The number of rotatable bonds is 5. The number of nitrogens with zero attached hydrogens (tertiary/aromatic N) is 3. The highest BCUT2D eigenvalue weighted by molar-refractivity contribution is 5.52. The summed E-state index contributed by atoms with van der Waals surface area (Å²) in [5.41, 5.74) is 2.71. The third-order valence-corrected chi connectivity index (χ3v) is 5.17. The zero-order valence-corrected chi connectivity index (χ0v) is 16.0. The molecule has 0 spiro atoms. The van der Waals surface area contributed by atoms with Crippen molar-refractivity contribution in [1.82, 2.24) is 19.9 Å². The van der Waals surface area contributed by atoms with Gasteiger partial charge in [-0.05, 0) is 49.2 Å². The summed E-state index contributed by atoms with van der Waals surface area (Å²) in [4.78, 5) is 26.5. The monoisotopic (exact) mass is 376 g/mol. The Kier molecular flexibility index (Phi) is 5.48. The van der Waals surface area contributed by atoms with Crippen molar-refractivity contribution < 1.29 is 4.74 Å². The molecule has 3 heterocycles. The predicted molar refractivity (Wildman–Crippen MR) is 108 cm³/mol. The van der Waals surface area contributed by atoms with Crippen LogP contribution < -0.4 is 10.3 Å². The molecule has 1 aliphatic heterocycles. The van der Waals surface area contributed by atoms with Crippen LogP contribution in [0.2, 0.25) is 0 Å². The Morgan fingerprint density at radius 1 is 1.21 bits per heavy atom. The highest BCUT2D eigenvalue weighted by atomic mass is 16.5. The van der Waals surface area contributed by atoms with Crippen LogP contribution in [-0.2, 0) is 6.54 Å². The highest BCUT2D eigenvalue weighted by Crippen LogP contribution is 2.31. The number of benzene rings is 1. The van der Waals surface area contributed by atoms with Crippen molar-refractivity contribution in [1.29, 1.82) is 0 Å². The van der Waals surface area contributed by atoms with Crippen LogP contribution in [0.25, 0.3) is 11.4 Å². The molecule has 6 heteroatoms. The molecular formula is C22H24N4O2. The van der Waals surface area contributed by atoms with Gasteiger partial charge in [0.15, 0.2) is 0 Å². The zero-order valence-electron chi connectivity index (χ0n) is 16.0. The lowest BCUT2D eigenvalue weighted by molar-refractivity contribution is 0.137. The van der Waals surface area contributed by atoms with Crippen LogP contribution in [-0.4, -0.2) is 33.5 Å². The van der Waals surface area contributed by atoms with Crippen LogP contribution in [0.15, 0.2) is 59.7 Å². The van der Waals surface area contributed by atoms with Gasteiger partial charge in [-0.25, -0.2) is 4.98 Å². The van der Waals surface area contributed by atoms with Crippen LogP contribution in [0.4, 0.5) is 0 Å². The van der Waals surface area contributed by atoms with Crippen LogP contribution in [0.3, 0.4) is 0 Å². The molecule has 1 aliphatic rings. The third-order valence-electron chi connectivity index (χ3n) is 5.17. The maximum absolute atomic E-state index is 12.3. The fraction of sp³-hybridized carbons (Fsp3) is 0.318. The second-order valence-electron chi connectivity index (χ2n) is 7.09. The summed E-state index contributed by atoms with van der Waals surface area (Å²) >= 11 is 0. The van der Waals surface area contributed by atoms with E-state index >= 15 is 0 Å². The number of aromatic amines is 1. The van der Waals surface area contributed by atoms with E-state index in [4.69, 9.17) is 9.72 Å². The summed E-state index contributed by atoms with van der Waals surface area (Å²) in [5.74, 6) is 1.43. The molecule has 0 saturated carbocycles. The van der Waals surface area contributed by atoms with E-state index in [1.807, 2.05) is 24.3 Å². The summed E-state index contributed by atoms with van der Waals surface area (Å²) in [7, 11) is 1.68. The summed E-state index contributed by atoms with van der Waals surface area (Å²) < 4.78 is 5.35. The van der Waals surface area contributed by atoms with E-state index in [1.165, 1.54) is 5.56 Å². The number of hydrogen-bond donors (Lipinski definition) is 1. The second kappa shape index (κ2) is 8.35. The highest BCUT2D eigenvalue weighted by Gasteiger charge is 2.26. The van der Waals surface area contributed by atoms with Crippen molar-refractivity contribution in [2.24, 2.45) is 0 Å². The molecule has 2 aromatic heterocycles. The number of H-pyrrole nitrogens is 1. The minimum atomic E-state index is -0.129. The minimum Gasteiger partial charge on any atom is -0.497 e. The van der Waals surface area contributed by atoms with Gasteiger partial charge in [-0.15, -0.1) is 0 Å². The quantitative estimate of drug-likeness (QED) is 0.737. The van der Waals surface area contributed by atoms with Crippen LogP contribution in [0.1, 0.15) is 36.6 Å². The first-order chi connectivity index (χ1) is 13.7. The van der Waals surface area contributed by atoms with Gasteiger partial charge < -0.3 is 9.72 Å². The molecule has 0 aliphatic carbocycles. The van der Waals surface area contributed by atoms with E-state index in [2.05, 4.69) is 27.0 Å². The fourth-order valence-corrected chi connectivity index (χ4v) is 3.81. The van der Waals surface area contributed by atoms with Gasteiger partial charge >= 0.3 is 0 Å². The molecule has 0 amide bonds. The molecule has 1 saturated heterocycles. The molecule has 3 aromatic rings. The lowest BCUT2D eigenvalue weighted by Crippen LogP contribution is -2.34. The van der Waals surface area contributed by atoms with Crippen LogP contribution in [0, 0.1) is 0 Å². The largest absolute Gasteiger partial charge is 0.497 e. The molecule has 0 unspecified atom stereocenters. The van der Waals surface area contributed by atoms with E-state index in [0.717, 1.165) is 49.4 Å². The van der Waals surface area contributed by atoms with Gasteiger partial charge in [0.2, 0.25) is 0 Å². The van der Waals surface area contributed by atoms with Crippen molar-refractivity contribution in [2.75, 3.05) is 13.7 Å². The normalized spacial score (nSPS) is 17.4. The Bertz CT molecular complexity index is 987. The lowest BCUT2D eigenvalue weighted by atomic mass is 9.98. The second-order valence-corrected chi connectivity index (χ2v) is 7.09. The van der Waals surface area contributed by atoms with E-state index < -0.39 is 0 Å². The SMILES string of the molecule is COc1cccc(CN2CCCC[C@H]2c2cc(=O)[nH]c(-c3cccnc3)n2)c1. The van der Waals surface area contributed by atoms with E-state index in [1.54, 1.807) is 25.6 Å². The Morgan fingerprint density at radius 3 is 2.96 bits per heavy atom. The molecule has 0 bridgehead atoms. The number of piperidine rings is 1. The van der Waals surface area contributed by atoms with Crippen molar-refractivity contribution in [3.8, 4) is 17.1 Å². The van der Waals surface area contributed by atoms with Crippen LogP contribution in [0.5, 0.6) is 5.75 Å². The summed E-state index contributed by atoms with van der Waals surface area (Å²) in [6.07, 6.45) is 6.71. The minimum absolute atomic E-state index is 0.123. The van der Waals surface area contributed by atoms with Crippen molar-refractivity contribution in [2.45, 2.75) is 31.8 Å². The van der Waals surface area contributed by atoms with Gasteiger partial charge in [0.25, 0.3) is 5.56 Å². The zero-order chi connectivity index (χ0) is 19.3. The molecule has 0 radical (unpaired) electrons. The Morgan fingerprint density at radius 2 is 2.14 bits per heavy atom. The standard InChI is InChI=1S/C22H24N4O2/c1-28-18-8-4-6-16(12-18)15-26-11-3-2-9-20(26)19-13-21(27)25-22(24-19)17-7-5-10-23-14-17/h4-8,10,12-14,20H,2-3,9,11,15H2,1H3,(H,24,25,27)/t20-/m0/s1. The average molecular weight is 376 g/mol. The molecular weight excluding hydrogens is 352 g/mol. The van der Waals surface area contributed by atoms with Gasteiger partial charge in [-0.1, -0.05) is 18.6 Å². The van der Waals surface area contributed by atoms with Gasteiger partial charge in [-0.3, -0.25) is 14.7 Å². The number of aromatic nitrogens is 3. The number of pyridine rings is 1. The molecule has 4 rings (SSSR count). The molecule has 1 atom stereocenters. The maximum Gasteiger partial charge on any atom is 0.251 e. The fourth-order valence-electron chi connectivity index (χ4n) is 3.81. The summed E-state index contributed by atoms with van der Waals surface area (Å²) in [6, 6.07) is 13.7. The molecule has 1 N–H and O–H groups in total. The van der Waals surface area contributed by atoms with Gasteiger partial charge in [-0.2, -0.15) is 0 Å². The van der Waals surface area contributed by atoms with Gasteiger partial charge in [0, 0.05) is 30.6 Å². The summed E-state index contributed by atoms with van der Waals surface area (Å²) in [6.45, 7) is 1.79. The predicted octanol–water partition coefficient (Wildman–Crippen LogP) is 3.57. The first-order valence-corrected chi connectivity index (χ1v) is 9.61. The maximum atomic E-state index is 12.3. The Hall–Kier alpha value is -2.99. The third kappa shape index (κ3) is 4.12. The van der Waals surface area contributed by atoms with Crippen molar-refractivity contribution in [3.63, 3.8) is 0 Å². The molecule has 1 aromatic carbocycles. The number of methoxy groups -OCH3 is 1. The average Bonchev–Trinajstić information content (AvgIpc) is 2.74. The van der Waals surface area contributed by atoms with E-state index in [0.29, 0.717) is 5.82 Å². The molecule has 1 fully saturated rings. The van der Waals surface area contributed by atoms with Crippen LogP contribution >= 0.6 is 0 Å². The first kappa shape index (κ1) is 18.4. The lowest BCUT2D eigenvalue weighted by Gasteiger charge is -2.35. The smallest absolute Gasteiger partial charge is 0.251 e. The topological polar surface area (TPSA) is 71.1 Å². The van der Waals surface area contributed by atoms with E-state index in [-0.39, 0.29) is 11.6 Å². The van der Waals surface area contributed by atoms with Crippen molar-refractivity contribution >= 4 is 0 Å². The number of ether oxygens (including phenoxy) is 1. The molecule has 6 nitrogen and oxygen atoms in total. The van der Waals surface area contributed by atoms with E-state index in [9.17, 15) is 4.79 Å². The number of hydrogen-bond acceptors (Lipinski definition) is 5. The van der Waals surface area contributed by atoms with Gasteiger partial charge in [0.05, 0.1) is 18.8 Å². The Balaban J connectivity index is 1.64. The summed E-state index contributed by atoms with van der Waals surface area (Å²) in [5, 5.41) is 0. The number of nitrogens with one attached hydrogen (secondary N) is 1. The Labute approximate surface area is 164 Å². The molecule has 144 valence electrons. The first-order valence-electron chi connectivity index (χ1n) is 9.61. The molecule has 28 heavy (non-hydrogen) atoms. The van der Waals surface area contributed by atoms with Crippen molar-refractivity contribution in [3.05, 3.63) is 76.5 Å². The number of likely N-dealkylation sites (tertiary alicyclic amines) is 1.